The third kappa shape index (κ3) is 2.53. The summed E-state index contributed by atoms with van der Waals surface area (Å²) in [4.78, 5) is 4.43. The molecule has 4 heteroatoms. The summed E-state index contributed by atoms with van der Waals surface area (Å²) in [6.45, 7) is 3.89. The normalized spacial score (nSPS) is 11.0. The minimum absolute atomic E-state index is 0.845. The number of H-pyrrole nitrogens is 1. The number of hydrogen-bond donors (Lipinski definition) is 1. The summed E-state index contributed by atoms with van der Waals surface area (Å²) in [5.41, 5.74) is 3.83. The Morgan fingerprint density at radius 3 is 2.47 bits per heavy atom. The van der Waals surface area contributed by atoms with Gasteiger partial charge in [0.15, 0.2) is 0 Å². The number of ether oxygens (including phenoxy) is 1. The molecule has 0 atom stereocenters. The Morgan fingerprint density at radius 2 is 1.94 bits per heavy atom. The van der Waals surface area contributed by atoms with Crippen LogP contribution in [0.25, 0.3) is 0 Å². The fraction of sp³-hybridized carbons (Fsp3) is 0.231. The molecule has 0 amide bonds. The number of nitrogens with zero attached hydrogens (tertiary/aromatic N) is 2. The number of nitrogens with one attached hydrogen (secondary N) is 1. The molecule has 0 aliphatic heterocycles. The van der Waals surface area contributed by atoms with E-state index in [1.54, 1.807) is 7.11 Å². The largest absolute Gasteiger partial charge is 0.497 e. The molecule has 88 valence electrons. The summed E-state index contributed by atoms with van der Waals surface area (Å²) in [5, 5.41) is 7.00. The van der Waals surface area contributed by atoms with Gasteiger partial charge >= 0.3 is 0 Å². The lowest BCUT2D eigenvalue weighted by Gasteiger charge is -1.98. The van der Waals surface area contributed by atoms with Crippen molar-refractivity contribution in [3.63, 3.8) is 0 Å². The fourth-order valence-corrected chi connectivity index (χ4v) is 1.56. The molecule has 4 nitrogen and oxygen atoms in total. The maximum absolute atomic E-state index is 5.10. The predicted molar refractivity (Wildman–Crippen MR) is 68.3 cm³/mol. The lowest BCUT2D eigenvalue weighted by atomic mass is 10.2. The first-order valence-corrected chi connectivity index (χ1v) is 5.40. The van der Waals surface area contributed by atoms with Gasteiger partial charge < -0.3 is 4.74 Å². The number of aryl methyl sites for hydroxylation is 2. The van der Waals surface area contributed by atoms with Gasteiger partial charge in [0.25, 0.3) is 0 Å². The third-order valence-corrected chi connectivity index (χ3v) is 2.55. The van der Waals surface area contributed by atoms with Crippen molar-refractivity contribution in [1.82, 2.24) is 10.2 Å². The summed E-state index contributed by atoms with van der Waals surface area (Å²) >= 11 is 0. The number of hydrogen-bond acceptors (Lipinski definition) is 3. The van der Waals surface area contributed by atoms with Gasteiger partial charge in [0.1, 0.15) is 11.4 Å². The van der Waals surface area contributed by atoms with Gasteiger partial charge in [0.2, 0.25) is 0 Å². The van der Waals surface area contributed by atoms with Crippen LogP contribution in [0.4, 0.5) is 5.69 Å². The standard InChI is InChI=1S/C13H15N3O/c1-9-13(10(2)16-15-9)14-8-11-4-6-12(17-3)7-5-11/h4-8H,1-3H3,(H,15,16). The summed E-state index contributed by atoms with van der Waals surface area (Å²) in [7, 11) is 1.65. The van der Waals surface area contributed by atoms with E-state index in [0.29, 0.717) is 0 Å². The predicted octanol–water partition coefficient (Wildman–Crippen LogP) is 2.79. The number of aromatic nitrogens is 2. The van der Waals surface area contributed by atoms with Gasteiger partial charge in [-0.05, 0) is 43.7 Å². The zero-order valence-corrected chi connectivity index (χ0v) is 10.2. The Bertz CT molecular complexity index is 507. The van der Waals surface area contributed by atoms with Gasteiger partial charge in [0.05, 0.1) is 18.5 Å². The molecular formula is C13H15N3O. The number of benzene rings is 1. The van der Waals surface area contributed by atoms with Crippen LogP contribution in [0.5, 0.6) is 5.75 Å². The van der Waals surface area contributed by atoms with Crippen LogP contribution in [-0.4, -0.2) is 23.5 Å². The minimum Gasteiger partial charge on any atom is -0.497 e. The van der Waals surface area contributed by atoms with Crippen LogP contribution in [0.1, 0.15) is 17.0 Å². The number of methoxy groups -OCH3 is 1. The molecule has 2 aromatic rings. The topological polar surface area (TPSA) is 50.3 Å². The molecule has 0 saturated carbocycles. The molecule has 0 spiro atoms. The zero-order valence-electron chi connectivity index (χ0n) is 10.2. The fourth-order valence-electron chi connectivity index (χ4n) is 1.56. The van der Waals surface area contributed by atoms with E-state index in [2.05, 4.69) is 15.2 Å². The van der Waals surface area contributed by atoms with Crippen molar-refractivity contribution in [3.05, 3.63) is 41.2 Å². The molecule has 2 rings (SSSR count). The van der Waals surface area contributed by atoms with Crippen molar-refractivity contribution < 1.29 is 4.74 Å². The highest BCUT2D eigenvalue weighted by Crippen LogP contribution is 2.20. The molecule has 0 aliphatic rings. The Morgan fingerprint density at radius 1 is 1.24 bits per heavy atom. The molecule has 0 saturated heterocycles. The number of aromatic amines is 1. The van der Waals surface area contributed by atoms with E-state index in [9.17, 15) is 0 Å². The van der Waals surface area contributed by atoms with Crippen molar-refractivity contribution in [2.45, 2.75) is 13.8 Å². The first kappa shape index (κ1) is 11.4. The second-order valence-corrected chi connectivity index (χ2v) is 3.81. The molecule has 1 aromatic carbocycles. The molecule has 0 fully saturated rings. The van der Waals surface area contributed by atoms with Crippen molar-refractivity contribution >= 4 is 11.9 Å². The van der Waals surface area contributed by atoms with Gasteiger partial charge in [-0.2, -0.15) is 5.10 Å². The molecule has 1 aromatic heterocycles. The van der Waals surface area contributed by atoms with E-state index in [0.717, 1.165) is 28.4 Å². The maximum Gasteiger partial charge on any atom is 0.118 e. The number of rotatable bonds is 3. The van der Waals surface area contributed by atoms with Crippen molar-refractivity contribution in [2.75, 3.05) is 7.11 Å². The molecule has 17 heavy (non-hydrogen) atoms. The maximum atomic E-state index is 5.10. The Kier molecular flexibility index (Phi) is 3.23. The molecular weight excluding hydrogens is 214 g/mol. The highest BCUT2D eigenvalue weighted by molar-refractivity contribution is 5.82. The van der Waals surface area contributed by atoms with Crippen LogP contribution in [0.2, 0.25) is 0 Å². The van der Waals surface area contributed by atoms with E-state index in [-0.39, 0.29) is 0 Å². The third-order valence-electron chi connectivity index (χ3n) is 2.55. The van der Waals surface area contributed by atoms with Crippen molar-refractivity contribution in [3.8, 4) is 5.75 Å². The van der Waals surface area contributed by atoms with Crippen LogP contribution >= 0.6 is 0 Å². The van der Waals surface area contributed by atoms with Crippen molar-refractivity contribution in [2.24, 2.45) is 4.99 Å². The zero-order chi connectivity index (χ0) is 12.3. The van der Waals surface area contributed by atoms with Crippen LogP contribution in [0, 0.1) is 13.8 Å². The molecule has 0 unspecified atom stereocenters. The summed E-state index contributed by atoms with van der Waals surface area (Å²) in [6.07, 6.45) is 1.82. The second-order valence-electron chi connectivity index (χ2n) is 3.81. The van der Waals surface area contributed by atoms with E-state index >= 15 is 0 Å². The molecule has 1 N–H and O–H groups in total. The highest BCUT2D eigenvalue weighted by atomic mass is 16.5. The van der Waals surface area contributed by atoms with Gasteiger partial charge in [-0.15, -0.1) is 0 Å². The second kappa shape index (κ2) is 4.82. The van der Waals surface area contributed by atoms with Crippen molar-refractivity contribution in [1.29, 1.82) is 0 Å². The minimum atomic E-state index is 0.845. The average Bonchev–Trinajstić information content (AvgIpc) is 2.67. The van der Waals surface area contributed by atoms with Crippen LogP contribution in [0.15, 0.2) is 29.3 Å². The summed E-state index contributed by atoms with van der Waals surface area (Å²) in [6, 6.07) is 7.76. The molecule has 0 radical (unpaired) electrons. The quantitative estimate of drug-likeness (QED) is 0.823. The molecule has 1 heterocycles. The summed E-state index contributed by atoms with van der Waals surface area (Å²) < 4.78 is 5.10. The Balaban J connectivity index is 2.20. The lowest BCUT2D eigenvalue weighted by molar-refractivity contribution is 0.415. The number of aliphatic imine (C=N–C) groups is 1. The van der Waals surface area contributed by atoms with E-state index < -0.39 is 0 Å². The Labute approximate surface area is 100 Å². The smallest absolute Gasteiger partial charge is 0.118 e. The molecule has 0 aliphatic carbocycles. The summed E-state index contributed by atoms with van der Waals surface area (Å²) in [5.74, 6) is 0.845. The van der Waals surface area contributed by atoms with E-state index in [1.165, 1.54) is 0 Å². The van der Waals surface area contributed by atoms with Crippen LogP contribution in [-0.2, 0) is 0 Å². The first-order valence-electron chi connectivity index (χ1n) is 5.40. The SMILES string of the molecule is COc1ccc(C=Nc2c(C)n[nH]c2C)cc1. The van der Waals surface area contributed by atoms with E-state index in [1.807, 2.05) is 44.3 Å². The average molecular weight is 229 g/mol. The van der Waals surface area contributed by atoms with Gasteiger partial charge in [-0.25, -0.2) is 0 Å². The van der Waals surface area contributed by atoms with Gasteiger partial charge in [-0.1, -0.05) is 0 Å². The van der Waals surface area contributed by atoms with Crippen LogP contribution < -0.4 is 4.74 Å². The Hall–Kier alpha value is -2.10. The monoisotopic (exact) mass is 229 g/mol. The lowest BCUT2D eigenvalue weighted by Crippen LogP contribution is -1.84. The highest BCUT2D eigenvalue weighted by Gasteiger charge is 2.02. The van der Waals surface area contributed by atoms with Gasteiger partial charge in [-0.3, -0.25) is 10.1 Å². The molecule has 0 bridgehead atoms. The van der Waals surface area contributed by atoms with E-state index in [4.69, 9.17) is 4.74 Å². The van der Waals surface area contributed by atoms with Gasteiger partial charge in [0, 0.05) is 6.21 Å². The van der Waals surface area contributed by atoms with Crippen LogP contribution in [0.3, 0.4) is 0 Å². The first-order chi connectivity index (χ1) is 8.20.